The van der Waals surface area contributed by atoms with Crippen LogP contribution in [-0.2, 0) is 16.1 Å². The molecule has 3 rings (SSSR count). The Morgan fingerprint density at radius 3 is 2.54 bits per heavy atom. The Morgan fingerprint density at radius 2 is 1.97 bits per heavy atom. The highest BCUT2D eigenvalue weighted by molar-refractivity contribution is 7.98. The quantitative estimate of drug-likeness (QED) is 0.394. The van der Waals surface area contributed by atoms with Crippen molar-refractivity contribution in [1.82, 2.24) is 14.8 Å². The van der Waals surface area contributed by atoms with Crippen LogP contribution in [0.5, 0.6) is 0 Å². The number of nitrogens with zero attached hydrogens (tertiary/aromatic N) is 3. The first-order valence-electron chi connectivity index (χ1n) is 11.2. The number of carboxylic acids is 1. The van der Waals surface area contributed by atoms with E-state index in [1.807, 2.05) is 23.0 Å². The van der Waals surface area contributed by atoms with Gasteiger partial charge in [0, 0.05) is 44.3 Å². The van der Waals surface area contributed by atoms with Crippen molar-refractivity contribution >= 4 is 57.6 Å². The standard InChI is InChI=1S/C23H29FN4O5S2/c1-4-26-13-15(21(30)31)20(29)14-11-16(24)19(12-18(14)26)27-6-8-28(9-7-27)23(34)25-17(5-10-35-3)22(32)33-2/h11-13,17H,4-10H2,1-3H3,(H,25,34)(H,30,31)/t17-/m0/s1. The van der Waals surface area contributed by atoms with Gasteiger partial charge < -0.3 is 29.5 Å². The topological polar surface area (TPSA) is 104 Å². The minimum atomic E-state index is -1.34. The molecular weight excluding hydrogens is 495 g/mol. The van der Waals surface area contributed by atoms with Crippen LogP contribution in [0.15, 0.2) is 23.1 Å². The Bertz CT molecular complexity index is 1180. The monoisotopic (exact) mass is 524 g/mol. The van der Waals surface area contributed by atoms with E-state index in [4.69, 9.17) is 17.0 Å². The summed E-state index contributed by atoms with van der Waals surface area (Å²) in [5, 5.41) is 12.9. The lowest BCUT2D eigenvalue weighted by Gasteiger charge is -2.38. The molecule has 0 amide bonds. The maximum atomic E-state index is 15.1. The average molecular weight is 525 g/mol. The number of thiocarbonyl (C=S) groups is 1. The molecule has 0 unspecified atom stereocenters. The maximum Gasteiger partial charge on any atom is 0.341 e. The number of aromatic nitrogens is 1. The van der Waals surface area contributed by atoms with E-state index in [0.717, 1.165) is 11.8 Å². The van der Waals surface area contributed by atoms with Gasteiger partial charge in [-0.15, -0.1) is 0 Å². The molecule has 2 N–H and O–H groups in total. The number of pyridine rings is 1. The average Bonchev–Trinajstić information content (AvgIpc) is 2.86. The van der Waals surface area contributed by atoms with E-state index in [2.05, 4.69) is 5.32 Å². The van der Waals surface area contributed by atoms with Crippen LogP contribution >= 0.6 is 24.0 Å². The van der Waals surface area contributed by atoms with Gasteiger partial charge in [0.15, 0.2) is 5.11 Å². The van der Waals surface area contributed by atoms with Gasteiger partial charge >= 0.3 is 11.9 Å². The first-order valence-corrected chi connectivity index (χ1v) is 13.0. The second-order valence-corrected chi connectivity index (χ2v) is 9.44. The van der Waals surface area contributed by atoms with Gasteiger partial charge in [0.1, 0.15) is 17.4 Å². The van der Waals surface area contributed by atoms with E-state index in [1.165, 1.54) is 13.3 Å². The van der Waals surface area contributed by atoms with Gasteiger partial charge in [-0.3, -0.25) is 4.79 Å². The molecule has 0 bridgehead atoms. The molecule has 1 aromatic carbocycles. The molecule has 190 valence electrons. The maximum absolute atomic E-state index is 15.1. The number of carbonyl (C=O) groups excluding carboxylic acids is 1. The highest BCUT2D eigenvalue weighted by Crippen LogP contribution is 2.26. The summed E-state index contributed by atoms with van der Waals surface area (Å²) in [4.78, 5) is 39.9. The molecule has 1 aliphatic heterocycles. The predicted octanol–water partition coefficient (Wildman–Crippen LogP) is 2.15. The highest BCUT2D eigenvalue weighted by Gasteiger charge is 2.26. The third-order valence-corrected chi connectivity index (χ3v) is 7.04. The molecule has 0 saturated carbocycles. The molecule has 35 heavy (non-hydrogen) atoms. The van der Waals surface area contributed by atoms with Crippen LogP contribution in [-0.4, -0.2) is 83.0 Å². The number of carbonyl (C=O) groups is 2. The van der Waals surface area contributed by atoms with E-state index in [9.17, 15) is 19.5 Å². The van der Waals surface area contributed by atoms with Crippen LogP contribution in [0.1, 0.15) is 23.7 Å². The van der Waals surface area contributed by atoms with Crippen molar-refractivity contribution in [2.45, 2.75) is 25.9 Å². The van der Waals surface area contributed by atoms with Crippen molar-refractivity contribution in [3.8, 4) is 0 Å². The van der Waals surface area contributed by atoms with Gasteiger partial charge in [0.05, 0.1) is 18.3 Å². The first-order chi connectivity index (χ1) is 16.7. The Kier molecular flexibility index (Phi) is 8.95. The Balaban J connectivity index is 1.77. The summed E-state index contributed by atoms with van der Waals surface area (Å²) in [5.74, 6) is -1.52. The van der Waals surface area contributed by atoms with Gasteiger partial charge in [-0.25, -0.2) is 14.0 Å². The summed E-state index contributed by atoms with van der Waals surface area (Å²) in [7, 11) is 1.34. The number of anilines is 1. The summed E-state index contributed by atoms with van der Waals surface area (Å²) in [5.41, 5.74) is -0.268. The zero-order valence-electron chi connectivity index (χ0n) is 19.9. The minimum Gasteiger partial charge on any atom is -0.477 e. The Labute approximate surface area is 212 Å². The number of aromatic carboxylic acids is 1. The summed E-state index contributed by atoms with van der Waals surface area (Å²) >= 11 is 7.14. The van der Waals surface area contributed by atoms with Crippen molar-refractivity contribution in [2.24, 2.45) is 0 Å². The number of benzene rings is 1. The number of thioether (sulfide) groups is 1. The number of hydrogen-bond donors (Lipinski definition) is 2. The molecule has 1 aromatic heterocycles. The molecule has 2 aromatic rings. The van der Waals surface area contributed by atoms with Crippen molar-refractivity contribution < 1.29 is 23.8 Å². The number of hydrogen-bond acceptors (Lipinski definition) is 7. The Hall–Kier alpha value is -2.86. The molecule has 0 aliphatic carbocycles. The highest BCUT2D eigenvalue weighted by atomic mass is 32.2. The summed E-state index contributed by atoms with van der Waals surface area (Å²) in [6, 6.07) is 2.19. The van der Waals surface area contributed by atoms with E-state index in [-0.39, 0.29) is 16.9 Å². The molecule has 9 nitrogen and oxygen atoms in total. The third kappa shape index (κ3) is 5.87. The first kappa shape index (κ1) is 26.7. The molecule has 1 fully saturated rings. The van der Waals surface area contributed by atoms with Gasteiger partial charge in [0.2, 0.25) is 5.43 Å². The number of esters is 1. The zero-order chi connectivity index (χ0) is 25.7. The van der Waals surface area contributed by atoms with Crippen LogP contribution < -0.4 is 15.6 Å². The Morgan fingerprint density at radius 1 is 1.29 bits per heavy atom. The fraction of sp³-hybridized carbons (Fsp3) is 0.478. The number of nitrogens with one attached hydrogen (secondary N) is 1. The van der Waals surface area contributed by atoms with Crippen LogP contribution in [0.2, 0.25) is 0 Å². The van der Waals surface area contributed by atoms with Gasteiger partial charge in [-0.2, -0.15) is 11.8 Å². The molecule has 2 heterocycles. The molecule has 12 heteroatoms. The largest absolute Gasteiger partial charge is 0.477 e. The van der Waals surface area contributed by atoms with Crippen LogP contribution in [0.3, 0.4) is 0 Å². The van der Waals surface area contributed by atoms with Crippen LogP contribution in [0, 0.1) is 5.82 Å². The third-order valence-electron chi connectivity index (χ3n) is 6.02. The van der Waals surface area contributed by atoms with Crippen molar-refractivity contribution in [2.75, 3.05) is 50.2 Å². The number of aryl methyl sites for hydroxylation is 1. The molecule has 1 aliphatic rings. The van der Waals surface area contributed by atoms with E-state index < -0.39 is 23.3 Å². The predicted molar refractivity (Wildman–Crippen MR) is 139 cm³/mol. The summed E-state index contributed by atoms with van der Waals surface area (Å²) < 4.78 is 21.6. The van der Waals surface area contributed by atoms with Gasteiger partial charge in [0.25, 0.3) is 0 Å². The van der Waals surface area contributed by atoms with Crippen molar-refractivity contribution in [1.29, 1.82) is 0 Å². The lowest BCUT2D eigenvalue weighted by Crippen LogP contribution is -2.55. The van der Waals surface area contributed by atoms with Gasteiger partial charge in [-0.05, 0) is 49.7 Å². The smallest absolute Gasteiger partial charge is 0.341 e. The van der Waals surface area contributed by atoms with Crippen molar-refractivity contribution in [3.05, 3.63) is 39.9 Å². The number of ether oxygens (including phenoxy) is 1. The fourth-order valence-electron chi connectivity index (χ4n) is 4.07. The minimum absolute atomic E-state index is 0.0381. The number of halogens is 1. The summed E-state index contributed by atoms with van der Waals surface area (Å²) in [6.07, 6.45) is 3.84. The van der Waals surface area contributed by atoms with E-state index >= 15 is 4.39 Å². The van der Waals surface area contributed by atoms with Crippen molar-refractivity contribution in [3.63, 3.8) is 0 Å². The van der Waals surface area contributed by atoms with Gasteiger partial charge in [-0.1, -0.05) is 0 Å². The number of fused-ring (bicyclic) bond motifs is 1. The molecule has 1 saturated heterocycles. The summed E-state index contributed by atoms with van der Waals surface area (Å²) in [6.45, 7) is 4.22. The molecule has 0 radical (unpaired) electrons. The fourth-order valence-corrected chi connectivity index (χ4v) is 4.87. The lowest BCUT2D eigenvalue weighted by molar-refractivity contribution is -0.142. The molecular formula is C23H29FN4O5S2. The molecule has 0 spiro atoms. The molecule has 1 atom stereocenters. The number of carboxylic acid groups (broad SMARTS) is 1. The van der Waals surface area contributed by atoms with E-state index in [0.29, 0.717) is 55.5 Å². The normalized spacial score (nSPS) is 14.6. The van der Waals surface area contributed by atoms with Crippen LogP contribution in [0.4, 0.5) is 10.1 Å². The second kappa shape index (κ2) is 11.7. The number of rotatable bonds is 8. The SMILES string of the molecule is CCn1cc(C(=O)O)c(=O)c2cc(F)c(N3CCN(C(=S)N[C@@H](CCSC)C(=O)OC)CC3)cc21. The second-order valence-electron chi connectivity index (χ2n) is 8.06. The number of methoxy groups -OCH3 is 1. The van der Waals surface area contributed by atoms with E-state index in [1.54, 1.807) is 22.4 Å². The van der Waals surface area contributed by atoms with Crippen LogP contribution in [0.25, 0.3) is 10.9 Å². The lowest BCUT2D eigenvalue weighted by atomic mass is 10.1. The zero-order valence-corrected chi connectivity index (χ0v) is 21.5. The number of piperazine rings is 1.